The van der Waals surface area contributed by atoms with Gasteiger partial charge in [0.05, 0.1) is 13.7 Å². The monoisotopic (exact) mass is 517 g/mol. The van der Waals surface area contributed by atoms with Gasteiger partial charge in [-0.25, -0.2) is 4.39 Å². The van der Waals surface area contributed by atoms with Crippen LogP contribution >= 0.6 is 0 Å². The summed E-state index contributed by atoms with van der Waals surface area (Å²) >= 11 is 0. The number of carbonyl (C=O) groups is 2. The maximum absolute atomic E-state index is 13.3. The molecule has 1 heterocycles. The molecule has 2 rings (SSSR count). The quantitative estimate of drug-likeness (QED) is 0.184. The van der Waals surface area contributed by atoms with Crippen molar-refractivity contribution < 1.29 is 23.5 Å². The largest absolute Gasteiger partial charge is 0.501 e. The summed E-state index contributed by atoms with van der Waals surface area (Å²) in [7, 11) is 1.65. The van der Waals surface area contributed by atoms with Crippen molar-refractivity contribution in [3.05, 3.63) is 59.1 Å². The van der Waals surface area contributed by atoms with E-state index in [1.165, 1.54) is 12.1 Å². The molecule has 3 N–H and O–H groups in total. The van der Waals surface area contributed by atoms with Gasteiger partial charge in [0.2, 0.25) is 11.8 Å². The zero-order chi connectivity index (χ0) is 27.1. The normalized spacial score (nSPS) is 18.8. The number of primary amides is 1. The van der Waals surface area contributed by atoms with E-state index in [-0.39, 0.29) is 23.0 Å². The summed E-state index contributed by atoms with van der Waals surface area (Å²) in [5.41, 5.74) is 7.36. The van der Waals surface area contributed by atoms with Crippen molar-refractivity contribution in [3.63, 3.8) is 0 Å². The Bertz CT molecular complexity index is 916. The highest BCUT2D eigenvalue weighted by Gasteiger charge is 2.36. The molecule has 0 saturated carbocycles. The van der Waals surface area contributed by atoms with Crippen molar-refractivity contribution in [2.24, 2.45) is 11.1 Å². The van der Waals surface area contributed by atoms with Crippen LogP contribution in [-0.4, -0.2) is 63.2 Å². The summed E-state index contributed by atoms with van der Waals surface area (Å²) < 4.78 is 24.4. The molecule has 0 radical (unpaired) electrons. The number of methoxy groups -OCH3 is 1. The molecule has 0 spiro atoms. The van der Waals surface area contributed by atoms with E-state index < -0.39 is 0 Å². The van der Waals surface area contributed by atoms with Crippen LogP contribution in [-0.2, 0) is 25.5 Å². The van der Waals surface area contributed by atoms with E-state index in [2.05, 4.69) is 18.3 Å². The third kappa shape index (κ3) is 11.1. The molecule has 0 aromatic heterocycles. The fourth-order valence-electron chi connectivity index (χ4n) is 4.66. The molecular weight excluding hydrogens is 473 g/mol. The van der Waals surface area contributed by atoms with Crippen LogP contribution in [0.15, 0.2) is 47.7 Å². The van der Waals surface area contributed by atoms with Crippen molar-refractivity contribution in [2.45, 2.75) is 58.8 Å². The van der Waals surface area contributed by atoms with Crippen molar-refractivity contribution in [3.8, 4) is 0 Å². The Morgan fingerprint density at radius 3 is 2.68 bits per heavy atom. The lowest BCUT2D eigenvalue weighted by Crippen LogP contribution is -2.47. The molecule has 206 valence electrons. The van der Waals surface area contributed by atoms with Crippen molar-refractivity contribution >= 4 is 11.8 Å². The Kier molecular flexibility index (Phi) is 13.4. The first kappa shape index (κ1) is 30.5. The number of piperidine rings is 1. The Balaban J connectivity index is 1.96. The van der Waals surface area contributed by atoms with Gasteiger partial charge in [0.25, 0.3) is 0 Å². The van der Waals surface area contributed by atoms with Gasteiger partial charge in [0.1, 0.15) is 11.6 Å². The summed E-state index contributed by atoms with van der Waals surface area (Å²) in [4.78, 5) is 25.4. The second-order valence-electron chi connectivity index (χ2n) is 9.72. The summed E-state index contributed by atoms with van der Waals surface area (Å²) in [6.07, 6.45) is 8.94. The van der Waals surface area contributed by atoms with E-state index >= 15 is 0 Å². The minimum absolute atomic E-state index is 0.0684. The average molecular weight is 518 g/mol. The zero-order valence-corrected chi connectivity index (χ0v) is 22.7. The van der Waals surface area contributed by atoms with Crippen LogP contribution in [0.4, 0.5) is 4.39 Å². The van der Waals surface area contributed by atoms with Crippen molar-refractivity contribution in [1.82, 2.24) is 10.2 Å². The third-order valence-corrected chi connectivity index (χ3v) is 7.08. The topological polar surface area (TPSA) is 93.9 Å². The number of carbonyl (C=O) groups excluding carboxylic acids is 2. The first-order chi connectivity index (χ1) is 17.8. The number of hydrogen-bond donors (Lipinski definition) is 2. The molecule has 1 aromatic rings. The molecule has 37 heavy (non-hydrogen) atoms. The van der Waals surface area contributed by atoms with E-state index in [0.717, 1.165) is 49.2 Å². The fourth-order valence-corrected chi connectivity index (χ4v) is 4.66. The Morgan fingerprint density at radius 2 is 2.03 bits per heavy atom. The van der Waals surface area contributed by atoms with Gasteiger partial charge < -0.3 is 25.4 Å². The fraction of sp³-hybridized carbons (Fsp3) is 0.586. The molecule has 1 fully saturated rings. The molecule has 1 aliphatic heterocycles. The smallest absolute Gasteiger partial charge is 0.222 e. The Hall–Kier alpha value is -2.71. The van der Waals surface area contributed by atoms with Gasteiger partial charge in [-0.15, -0.1) is 0 Å². The highest BCUT2D eigenvalue weighted by molar-refractivity contribution is 5.77. The lowest BCUT2D eigenvalue weighted by Gasteiger charge is -2.42. The van der Waals surface area contributed by atoms with E-state index in [1.807, 2.05) is 17.9 Å². The lowest BCUT2D eigenvalue weighted by atomic mass is 9.74. The number of rotatable bonds is 17. The van der Waals surface area contributed by atoms with Crippen LogP contribution < -0.4 is 11.1 Å². The Labute approximate surface area is 221 Å². The van der Waals surface area contributed by atoms with Gasteiger partial charge in [-0.2, -0.15) is 0 Å². The first-order valence-corrected chi connectivity index (χ1v) is 13.3. The molecule has 1 aromatic carbocycles. The van der Waals surface area contributed by atoms with Gasteiger partial charge >= 0.3 is 0 Å². The molecule has 1 aliphatic rings. The van der Waals surface area contributed by atoms with Crippen LogP contribution in [0.1, 0.15) is 57.9 Å². The Morgan fingerprint density at radius 1 is 1.27 bits per heavy atom. The van der Waals surface area contributed by atoms with E-state index in [4.69, 9.17) is 15.2 Å². The predicted molar refractivity (Wildman–Crippen MR) is 144 cm³/mol. The molecule has 8 heteroatoms. The van der Waals surface area contributed by atoms with E-state index in [1.54, 1.807) is 19.2 Å². The number of amides is 2. The first-order valence-electron chi connectivity index (χ1n) is 13.3. The van der Waals surface area contributed by atoms with Crippen LogP contribution in [0.5, 0.6) is 0 Å². The second kappa shape index (κ2) is 16.2. The maximum atomic E-state index is 13.3. The summed E-state index contributed by atoms with van der Waals surface area (Å²) in [6, 6.07) is 6.44. The van der Waals surface area contributed by atoms with Gasteiger partial charge in [-0.1, -0.05) is 25.1 Å². The molecule has 0 aliphatic carbocycles. The van der Waals surface area contributed by atoms with E-state index in [9.17, 15) is 14.0 Å². The average Bonchev–Trinajstić information content (AvgIpc) is 2.88. The number of hydrogen-bond acceptors (Lipinski definition) is 5. The SMILES string of the molecule is CCOC/C=C(\C=C(/Cc1ccc(F)cc1)OC)CNCCC1(CC)CCC(=O)N(CCCC(N)=O)C1. The van der Waals surface area contributed by atoms with Gasteiger partial charge in [0.15, 0.2) is 0 Å². The number of likely N-dealkylation sites (tertiary alicyclic amines) is 1. The van der Waals surface area contributed by atoms with E-state index in [0.29, 0.717) is 52.0 Å². The zero-order valence-electron chi connectivity index (χ0n) is 22.7. The molecular formula is C29H44FN3O4. The molecule has 1 unspecified atom stereocenters. The molecule has 1 saturated heterocycles. The number of halogens is 1. The summed E-state index contributed by atoms with van der Waals surface area (Å²) in [6.45, 7) is 8.09. The van der Waals surface area contributed by atoms with Crippen LogP contribution in [0.2, 0.25) is 0 Å². The third-order valence-electron chi connectivity index (χ3n) is 7.08. The standard InChI is InChI=1S/C29H44FN3O4/c1-4-29(14-12-28(35)33(22-29)17-6-7-27(31)34)15-16-32-21-24(13-18-37-5-2)20-26(36-3)19-23-8-10-25(30)11-9-23/h8-11,13,20,32H,4-7,12,14-19,21-22H2,1-3H3,(H2,31,34)/b24-13+,26-20+. The number of benzene rings is 1. The minimum Gasteiger partial charge on any atom is -0.501 e. The maximum Gasteiger partial charge on any atom is 0.222 e. The van der Waals surface area contributed by atoms with Gasteiger partial charge in [0, 0.05) is 45.5 Å². The second-order valence-corrected chi connectivity index (χ2v) is 9.72. The molecule has 1 atom stereocenters. The highest BCUT2D eigenvalue weighted by atomic mass is 19.1. The molecule has 2 amide bonds. The molecule has 0 bridgehead atoms. The van der Waals surface area contributed by atoms with Crippen molar-refractivity contribution in [1.29, 1.82) is 0 Å². The summed E-state index contributed by atoms with van der Waals surface area (Å²) in [5, 5.41) is 3.57. The number of allylic oxidation sites excluding steroid dienone is 1. The van der Waals surface area contributed by atoms with Gasteiger partial charge in [-0.05, 0) is 73.9 Å². The number of nitrogens with two attached hydrogens (primary N) is 1. The summed E-state index contributed by atoms with van der Waals surface area (Å²) in [5.74, 6) is 0.376. The van der Waals surface area contributed by atoms with Crippen LogP contribution in [0, 0.1) is 11.2 Å². The number of nitrogens with zero attached hydrogens (tertiary/aromatic N) is 1. The number of nitrogens with one attached hydrogen (secondary N) is 1. The minimum atomic E-state index is -0.327. The molecule has 7 nitrogen and oxygen atoms in total. The van der Waals surface area contributed by atoms with Crippen LogP contribution in [0.3, 0.4) is 0 Å². The van der Waals surface area contributed by atoms with Crippen LogP contribution in [0.25, 0.3) is 0 Å². The predicted octanol–water partition coefficient (Wildman–Crippen LogP) is 4.13. The number of ether oxygens (including phenoxy) is 2. The van der Waals surface area contributed by atoms with Crippen molar-refractivity contribution in [2.75, 3.05) is 46.5 Å². The lowest BCUT2D eigenvalue weighted by molar-refractivity contribution is -0.138. The highest BCUT2D eigenvalue weighted by Crippen LogP contribution is 2.37. The van der Waals surface area contributed by atoms with Gasteiger partial charge in [-0.3, -0.25) is 9.59 Å².